The van der Waals surface area contributed by atoms with Crippen molar-refractivity contribution in [3.8, 4) is 0 Å². The van der Waals surface area contributed by atoms with Crippen molar-refractivity contribution in [2.24, 2.45) is 28.8 Å². The van der Waals surface area contributed by atoms with E-state index in [9.17, 15) is 4.79 Å². The van der Waals surface area contributed by atoms with Crippen molar-refractivity contribution in [1.29, 1.82) is 0 Å². The summed E-state index contributed by atoms with van der Waals surface area (Å²) in [5, 5.41) is 10.4. The van der Waals surface area contributed by atoms with E-state index in [1.54, 1.807) is 0 Å². The first-order valence-electron chi connectivity index (χ1n) is 7.02. The van der Waals surface area contributed by atoms with Gasteiger partial charge < -0.3 is 15.5 Å². The highest BCUT2D eigenvalue weighted by atomic mass is 16.6. The van der Waals surface area contributed by atoms with E-state index in [2.05, 4.69) is 15.8 Å². The smallest absolute Gasteiger partial charge is 0.223 e. The molecule has 18 heavy (non-hydrogen) atoms. The second-order valence-electron chi connectivity index (χ2n) is 6.13. The Morgan fingerprint density at radius 2 is 2.17 bits per heavy atom. The fraction of sp³-hybridized carbons (Fsp3) is 0.846. The highest BCUT2D eigenvalue weighted by molar-refractivity contribution is 5.93. The quantitative estimate of drug-likeness (QED) is 0.747. The van der Waals surface area contributed by atoms with Crippen LogP contribution in [0, 0.1) is 23.7 Å². The third-order valence-electron chi connectivity index (χ3n) is 4.95. The van der Waals surface area contributed by atoms with Gasteiger partial charge in [-0.2, -0.15) is 0 Å². The summed E-state index contributed by atoms with van der Waals surface area (Å²) in [6.45, 7) is 2.36. The average Bonchev–Trinajstić information content (AvgIpc) is 2.78. The van der Waals surface area contributed by atoms with E-state index in [4.69, 9.17) is 4.84 Å². The molecule has 2 N–H and O–H groups in total. The van der Waals surface area contributed by atoms with Gasteiger partial charge in [0.05, 0.1) is 18.2 Å². The zero-order chi connectivity index (χ0) is 12.1. The Balaban J connectivity index is 1.29. The summed E-state index contributed by atoms with van der Waals surface area (Å²) in [6.07, 6.45) is 3.76. The summed E-state index contributed by atoms with van der Waals surface area (Å²) in [7, 11) is 0. The van der Waals surface area contributed by atoms with Crippen LogP contribution in [-0.4, -0.2) is 37.4 Å². The number of nitrogens with zero attached hydrogens (tertiary/aromatic N) is 1. The molecular formula is C13H19N3O2. The predicted octanol–water partition coefficient (Wildman–Crippen LogP) is 0.123. The van der Waals surface area contributed by atoms with Gasteiger partial charge in [-0.1, -0.05) is 5.16 Å². The van der Waals surface area contributed by atoms with Crippen molar-refractivity contribution < 1.29 is 9.63 Å². The molecule has 3 fully saturated rings. The van der Waals surface area contributed by atoms with Crippen LogP contribution in [0.15, 0.2) is 5.16 Å². The van der Waals surface area contributed by atoms with Gasteiger partial charge in [-0.3, -0.25) is 4.79 Å². The van der Waals surface area contributed by atoms with Gasteiger partial charge >= 0.3 is 0 Å². The molecule has 2 heterocycles. The highest BCUT2D eigenvalue weighted by Gasteiger charge is 2.48. The summed E-state index contributed by atoms with van der Waals surface area (Å²) < 4.78 is 0. The van der Waals surface area contributed by atoms with Gasteiger partial charge in [0.25, 0.3) is 0 Å². The average molecular weight is 249 g/mol. The molecule has 0 radical (unpaired) electrons. The topological polar surface area (TPSA) is 62.7 Å². The number of oxime groups is 1. The molecule has 2 aliphatic carbocycles. The van der Waals surface area contributed by atoms with E-state index >= 15 is 0 Å². The van der Waals surface area contributed by atoms with E-state index < -0.39 is 0 Å². The van der Waals surface area contributed by atoms with Crippen LogP contribution in [0.3, 0.4) is 0 Å². The van der Waals surface area contributed by atoms with Crippen molar-refractivity contribution in [2.45, 2.75) is 25.4 Å². The largest absolute Gasteiger partial charge is 0.390 e. The fourth-order valence-electron chi connectivity index (χ4n) is 3.72. The lowest BCUT2D eigenvalue weighted by Crippen LogP contribution is -2.37. The molecule has 0 bridgehead atoms. The molecule has 4 aliphatic rings. The van der Waals surface area contributed by atoms with Crippen LogP contribution in [0.2, 0.25) is 0 Å². The van der Waals surface area contributed by atoms with Crippen molar-refractivity contribution in [3.05, 3.63) is 0 Å². The molecule has 3 unspecified atom stereocenters. The molecule has 5 atom stereocenters. The zero-order valence-corrected chi connectivity index (χ0v) is 10.4. The lowest BCUT2D eigenvalue weighted by molar-refractivity contribution is -0.124. The summed E-state index contributed by atoms with van der Waals surface area (Å²) in [5.74, 6) is 2.56. The number of nitrogens with one attached hydrogen (secondary N) is 2. The third kappa shape index (κ3) is 1.72. The molecular weight excluding hydrogens is 230 g/mol. The van der Waals surface area contributed by atoms with Crippen molar-refractivity contribution in [3.63, 3.8) is 0 Å². The number of carbonyl (C=O) groups is 1. The fourth-order valence-corrected chi connectivity index (χ4v) is 3.72. The van der Waals surface area contributed by atoms with E-state index in [0.717, 1.165) is 43.5 Å². The molecule has 5 nitrogen and oxygen atoms in total. The molecule has 0 aromatic rings. The predicted molar refractivity (Wildman–Crippen MR) is 66.0 cm³/mol. The zero-order valence-electron chi connectivity index (χ0n) is 10.4. The summed E-state index contributed by atoms with van der Waals surface area (Å²) in [4.78, 5) is 17.4. The molecule has 1 saturated heterocycles. The lowest BCUT2D eigenvalue weighted by atomic mass is 9.99. The molecule has 98 valence electrons. The first-order chi connectivity index (χ1) is 8.81. The highest BCUT2D eigenvalue weighted by Crippen LogP contribution is 2.54. The van der Waals surface area contributed by atoms with E-state index in [0.29, 0.717) is 12.5 Å². The maximum Gasteiger partial charge on any atom is 0.223 e. The van der Waals surface area contributed by atoms with Crippen molar-refractivity contribution >= 4 is 11.6 Å². The SMILES string of the molecule is O=C(NCC1=NOC2CNCC12)C1C[C@@H]2C[C@@H]2C1. The van der Waals surface area contributed by atoms with Gasteiger partial charge in [0, 0.05) is 19.0 Å². The van der Waals surface area contributed by atoms with Crippen LogP contribution < -0.4 is 10.6 Å². The second kappa shape index (κ2) is 3.95. The summed E-state index contributed by atoms with van der Waals surface area (Å²) >= 11 is 0. The van der Waals surface area contributed by atoms with Crippen LogP contribution in [0.25, 0.3) is 0 Å². The number of amides is 1. The molecule has 2 aliphatic heterocycles. The van der Waals surface area contributed by atoms with Gasteiger partial charge in [-0.05, 0) is 31.1 Å². The number of hydrogen-bond acceptors (Lipinski definition) is 4. The third-order valence-corrected chi connectivity index (χ3v) is 4.95. The second-order valence-corrected chi connectivity index (χ2v) is 6.13. The normalized spacial score (nSPS) is 44.0. The first kappa shape index (κ1) is 10.8. The van der Waals surface area contributed by atoms with Crippen LogP contribution in [0.4, 0.5) is 0 Å². The molecule has 0 aromatic carbocycles. The Morgan fingerprint density at radius 1 is 1.33 bits per heavy atom. The Labute approximate surface area is 106 Å². The Hall–Kier alpha value is -1.10. The maximum absolute atomic E-state index is 12.0. The van der Waals surface area contributed by atoms with Crippen LogP contribution in [0.1, 0.15) is 19.3 Å². The van der Waals surface area contributed by atoms with Crippen molar-refractivity contribution in [1.82, 2.24) is 10.6 Å². The van der Waals surface area contributed by atoms with E-state index in [-0.39, 0.29) is 17.9 Å². The Kier molecular flexibility index (Phi) is 2.37. The number of hydrogen-bond donors (Lipinski definition) is 2. The molecule has 0 aromatic heterocycles. The minimum absolute atomic E-state index is 0.191. The molecule has 1 amide bonds. The van der Waals surface area contributed by atoms with Gasteiger partial charge in [-0.15, -0.1) is 0 Å². The van der Waals surface area contributed by atoms with Gasteiger partial charge in [0.2, 0.25) is 5.91 Å². The summed E-state index contributed by atoms with van der Waals surface area (Å²) in [5.41, 5.74) is 1.00. The molecule has 0 spiro atoms. The Bertz CT molecular complexity index is 399. The first-order valence-corrected chi connectivity index (χ1v) is 7.02. The lowest BCUT2D eigenvalue weighted by Gasteiger charge is -2.13. The van der Waals surface area contributed by atoms with E-state index in [1.807, 2.05) is 0 Å². The maximum atomic E-state index is 12.0. The van der Waals surface area contributed by atoms with Crippen LogP contribution in [-0.2, 0) is 9.63 Å². The van der Waals surface area contributed by atoms with Crippen LogP contribution >= 0.6 is 0 Å². The molecule has 5 heteroatoms. The number of carbonyl (C=O) groups excluding carboxylic acids is 1. The number of fused-ring (bicyclic) bond motifs is 2. The number of rotatable bonds is 3. The minimum Gasteiger partial charge on any atom is -0.390 e. The Morgan fingerprint density at radius 3 is 3.00 bits per heavy atom. The standard InChI is InChI=1S/C13H19N3O2/c17-13(9-2-7-1-8(7)3-9)15-5-11-10-4-14-6-12(10)18-16-11/h7-10,12,14H,1-6H2,(H,15,17)/t7-,8+,9?,10?,12?. The minimum atomic E-state index is 0.191. The monoisotopic (exact) mass is 249 g/mol. The summed E-state index contributed by atoms with van der Waals surface area (Å²) in [6, 6.07) is 0. The van der Waals surface area contributed by atoms with Gasteiger partial charge in [0.1, 0.15) is 6.10 Å². The molecule has 4 rings (SSSR count). The van der Waals surface area contributed by atoms with Gasteiger partial charge in [-0.25, -0.2) is 0 Å². The van der Waals surface area contributed by atoms with Gasteiger partial charge in [0.15, 0.2) is 0 Å². The van der Waals surface area contributed by atoms with E-state index in [1.165, 1.54) is 6.42 Å². The molecule has 2 saturated carbocycles. The van der Waals surface area contributed by atoms with Crippen molar-refractivity contribution in [2.75, 3.05) is 19.6 Å². The van der Waals surface area contributed by atoms with Crippen LogP contribution in [0.5, 0.6) is 0 Å².